The number of hydrogen-bond acceptors (Lipinski definition) is 3. The Morgan fingerprint density at radius 3 is 2.80 bits per heavy atom. The van der Waals surface area contributed by atoms with Crippen LogP contribution in [0.15, 0.2) is 0 Å². The van der Waals surface area contributed by atoms with E-state index in [9.17, 15) is 4.79 Å². The zero-order chi connectivity index (χ0) is 11.1. The number of cyclic esters (lactones) is 1. The molecule has 1 N–H and O–H groups in total. The van der Waals surface area contributed by atoms with Crippen molar-refractivity contribution in [3.63, 3.8) is 0 Å². The van der Waals surface area contributed by atoms with Crippen molar-refractivity contribution >= 4 is 6.09 Å². The predicted molar refractivity (Wildman–Crippen MR) is 59.9 cm³/mol. The summed E-state index contributed by atoms with van der Waals surface area (Å²) in [4.78, 5) is 13.1. The number of amides is 1. The lowest BCUT2D eigenvalue weighted by Gasteiger charge is -2.22. The van der Waals surface area contributed by atoms with Gasteiger partial charge in [-0.25, -0.2) is 4.79 Å². The van der Waals surface area contributed by atoms with Crippen molar-refractivity contribution in [1.29, 1.82) is 0 Å². The molecule has 88 valence electrons. The molecular formula is C11H22N2O2. The lowest BCUT2D eigenvalue weighted by molar-refractivity contribution is 0.155. The van der Waals surface area contributed by atoms with Gasteiger partial charge in [0.05, 0.1) is 6.54 Å². The minimum absolute atomic E-state index is 0.158. The van der Waals surface area contributed by atoms with Gasteiger partial charge in [0.1, 0.15) is 6.61 Å². The molecule has 1 heterocycles. The Kier molecular flexibility index (Phi) is 5.47. The minimum Gasteiger partial charge on any atom is -0.448 e. The Hall–Kier alpha value is -0.770. The van der Waals surface area contributed by atoms with Crippen LogP contribution in [0.5, 0.6) is 0 Å². The van der Waals surface area contributed by atoms with E-state index < -0.39 is 0 Å². The number of hydrogen-bond donors (Lipinski definition) is 1. The zero-order valence-corrected chi connectivity index (χ0v) is 9.79. The second-order valence-corrected chi connectivity index (χ2v) is 4.00. The van der Waals surface area contributed by atoms with Crippen LogP contribution in [-0.4, -0.2) is 43.3 Å². The summed E-state index contributed by atoms with van der Waals surface area (Å²) in [6, 6.07) is 0.417. The highest BCUT2D eigenvalue weighted by Crippen LogP contribution is 2.07. The van der Waals surface area contributed by atoms with E-state index in [1.807, 2.05) is 0 Å². The monoisotopic (exact) mass is 214 g/mol. The van der Waals surface area contributed by atoms with Crippen LogP contribution in [0.1, 0.15) is 33.1 Å². The summed E-state index contributed by atoms with van der Waals surface area (Å²) in [5.41, 5.74) is 0. The summed E-state index contributed by atoms with van der Waals surface area (Å²) in [6.07, 6.45) is 3.23. The topological polar surface area (TPSA) is 41.6 Å². The molecule has 1 fully saturated rings. The van der Waals surface area contributed by atoms with E-state index in [1.165, 1.54) is 0 Å². The molecule has 0 spiro atoms. The first-order valence-corrected chi connectivity index (χ1v) is 5.93. The van der Waals surface area contributed by atoms with Crippen LogP contribution in [-0.2, 0) is 4.74 Å². The van der Waals surface area contributed by atoms with Crippen molar-refractivity contribution < 1.29 is 9.53 Å². The van der Waals surface area contributed by atoms with Crippen molar-refractivity contribution in [2.45, 2.75) is 39.2 Å². The van der Waals surface area contributed by atoms with Gasteiger partial charge in [-0.3, -0.25) is 0 Å². The normalized spacial score (nSPS) is 18.0. The highest BCUT2D eigenvalue weighted by Gasteiger charge is 2.24. The van der Waals surface area contributed by atoms with Crippen LogP contribution < -0.4 is 5.32 Å². The number of nitrogens with zero attached hydrogens (tertiary/aromatic N) is 1. The van der Waals surface area contributed by atoms with Gasteiger partial charge >= 0.3 is 6.09 Å². The van der Waals surface area contributed by atoms with Gasteiger partial charge in [-0.2, -0.15) is 0 Å². The first kappa shape index (κ1) is 12.3. The summed E-state index contributed by atoms with van der Waals surface area (Å²) in [7, 11) is 0. The Bertz CT molecular complexity index is 197. The molecular weight excluding hydrogens is 192 g/mol. The molecule has 0 aromatic heterocycles. The molecule has 1 amide bonds. The highest BCUT2D eigenvalue weighted by molar-refractivity contribution is 5.69. The van der Waals surface area contributed by atoms with Crippen LogP contribution in [0, 0.1) is 0 Å². The lowest BCUT2D eigenvalue weighted by Crippen LogP contribution is -2.41. The van der Waals surface area contributed by atoms with Gasteiger partial charge in [-0.05, 0) is 19.4 Å². The number of carbonyl (C=O) groups excluding carboxylic acids is 1. The molecule has 0 bridgehead atoms. The molecule has 1 saturated heterocycles. The van der Waals surface area contributed by atoms with E-state index in [-0.39, 0.29) is 6.09 Å². The van der Waals surface area contributed by atoms with Crippen molar-refractivity contribution in [3.05, 3.63) is 0 Å². The average molecular weight is 214 g/mol. The lowest BCUT2D eigenvalue weighted by atomic mass is 10.1. The van der Waals surface area contributed by atoms with Gasteiger partial charge < -0.3 is 15.0 Å². The summed E-state index contributed by atoms with van der Waals surface area (Å²) in [6.45, 7) is 7.42. The Morgan fingerprint density at radius 1 is 1.47 bits per heavy atom. The molecule has 0 aliphatic carbocycles. The molecule has 1 rings (SSSR count). The predicted octanol–water partition coefficient (Wildman–Crippen LogP) is 1.61. The number of ether oxygens (including phenoxy) is 1. The third-order valence-electron chi connectivity index (χ3n) is 2.61. The zero-order valence-electron chi connectivity index (χ0n) is 9.79. The third kappa shape index (κ3) is 4.08. The molecule has 1 aliphatic heterocycles. The van der Waals surface area contributed by atoms with Crippen LogP contribution >= 0.6 is 0 Å². The maximum absolute atomic E-state index is 11.3. The van der Waals surface area contributed by atoms with Gasteiger partial charge in [0.2, 0.25) is 0 Å². The van der Waals surface area contributed by atoms with Crippen LogP contribution in [0.3, 0.4) is 0 Å². The van der Waals surface area contributed by atoms with Gasteiger partial charge in [0.25, 0.3) is 0 Å². The third-order valence-corrected chi connectivity index (χ3v) is 2.61. The highest BCUT2D eigenvalue weighted by atomic mass is 16.6. The van der Waals surface area contributed by atoms with Crippen LogP contribution in [0.4, 0.5) is 4.79 Å². The Labute approximate surface area is 92.0 Å². The molecule has 1 atom stereocenters. The van der Waals surface area contributed by atoms with Crippen molar-refractivity contribution in [3.8, 4) is 0 Å². The second-order valence-electron chi connectivity index (χ2n) is 4.00. The molecule has 15 heavy (non-hydrogen) atoms. The Morgan fingerprint density at radius 2 is 2.27 bits per heavy atom. The quantitative estimate of drug-likeness (QED) is 0.700. The molecule has 0 radical (unpaired) electrons. The number of rotatable bonds is 7. The minimum atomic E-state index is -0.158. The molecule has 4 heteroatoms. The fourth-order valence-corrected chi connectivity index (χ4v) is 1.81. The van der Waals surface area contributed by atoms with Gasteiger partial charge in [-0.1, -0.05) is 20.3 Å². The van der Waals surface area contributed by atoms with Gasteiger partial charge in [0.15, 0.2) is 0 Å². The standard InChI is InChI=1S/C11H22N2O2/c1-3-5-10(12-6-4-2)9-13-7-8-15-11(13)14/h10,12H,3-9H2,1-2H3. The van der Waals surface area contributed by atoms with Crippen molar-refractivity contribution in [1.82, 2.24) is 10.2 Å². The molecule has 0 aromatic carbocycles. The summed E-state index contributed by atoms with van der Waals surface area (Å²) < 4.78 is 4.91. The van der Waals surface area contributed by atoms with E-state index in [4.69, 9.17) is 4.74 Å². The van der Waals surface area contributed by atoms with E-state index in [0.717, 1.165) is 38.9 Å². The molecule has 0 aromatic rings. The molecule has 4 nitrogen and oxygen atoms in total. The fourth-order valence-electron chi connectivity index (χ4n) is 1.81. The maximum atomic E-state index is 11.3. The molecule has 1 aliphatic rings. The van der Waals surface area contributed by atoms with Gasteiger partial charge in [0, 0.05) is 12.6 Å². The molecule has 0 saturated carbocycles. The molecule has 1 unspecified atom stereocenters. The van der Waals surface area contributed by atoms with E-state index in [1.54, 1.807) is 4.90 Å². The summed E-state index contributed by atoms with van der Waals surface area (Å²) in [5, 5.41) is 3.47. The maximum Gasteiger partial charge on any atom is 0.409 e. The Balaban J connectivity index is 2.31. The van der Waals surface area contributed by atoms with E-state index in [0.29, 0.717) is 12.6 Å². The van der Waals surface area contributed by atoms with Crippen molar-refractivity contribution in [2.75, 3.05) is 26.2 Å². The van der Waals surface area contributed by atoms with Crippen LogP contribution in [0.25, 0.3) is 0 Å². The van der Waals surface area contributed by atoms with E-state index in [2.05, 4.69) is 19.2 Å². The van der Waals surface area contributed by atoms with Crippen molar-refractivity contribution in [2.24, 2.45) is 0 Å². The SMILES string of the molecule is CCCNC(CCC)CN1CCOC1=O. The van der Waals surface area contributed by atoms with E-state index >= 15 is 0 Å². The summed E-state index contributed by atoms with van der Waals surface area (Å²) in [5.74, 6) is 0. The first-order chi connectivity index (χ1) is 7.27. The number of nitrogens with one attached hydrogen (secondary N) is 1. The van der Waals surface area contributed by atoms with Gasteiger partial charge in [-0.15, -0.1) is 0 Å². The summed E-state index contributed by atoms with van der Waals surface area (Å²) >= 11 is 0. The largest absolute Gasteiger partial charge is 0.448 e. The fraction of sp³-hybridized carbons (Fsp3) is 0.909. The average Bonchev–Trinajstić information content (AvgIpc) is 2.61. The van der Waals surface area contributed by atoms with Crippen LogP contribution in [0.2, 0.25) is 0 Å². The second kappa shape index (κ2) is 6.67. The number of carbonyl (C=O) groups is 1. The smallest absolute Gasteiger partial charge is 0.409 e. The first-order valence-electron chi connectivity index (χ1n) is 5.93.